The van der Waals surface area contributed by atoms with Gasteiger partial charge in [0.15, 0.2) is 0 Å². The Balaban J connectivity index is 1.72. The first-order valence-electron chi connectivity index (χ1n) is 7.67. The SMILES string of the molecule is Cc1ccccc1N(C)CCNC1CCC(C)CC1. The van der Waals surface area contributed by atoms with Crippen LogP contribution in [0.1, 0.15) is 38.2 Å². The molecule has 0 amide bonds. The van der Waals surface area contributed by atoms with Crippen LogP contribution in [0.4, 0.5) is 5.69 Å². The van der Waals surface area contributed by atoms with Crippen LogP contribution in [0, 0.1) is 12.8 Å². The molecule has 1 saturated carbocycles. The average molecular weight is 260 g/mol. The maximum atomic E-state index is 3.72. The molecule has 19 heavy (non-hydrogen) atoms. The highest BCUT2D eigenvalue weighted by molar-refractivity contribution is 5.52. The Kier molecular flexibility index (Phi) is 5.26. The molecular weight excluding hydrogens is 232 g/mol. The Hall–Kier alpha value is -1.02. The molecule has 1 fully saturated rings. The molecule has 2 nitrogen and oxygen atoms in total. The molecule has 2 heteroatoms. The highest BCUT2D eigenvalue weighted by Gasteiger charge is 2.17. The van der Waals surface area contributed by atoms with Crippen molar-refractivity contribution in [1.29, 1.82) is 0 Å². The summed E-state index contributed by atoms with van der Waals surface area (Å²) >= 11 is 0. The van der Waals surface area contributed by atoms with Gasteiger partial charge in [0, 0.05) is 31.9 Å². The van der Waals surface area contributed by atoms with Crippen LogP contribution in [0.2, 0.25) is 0 Å². The molecule has 0 radical (unpaired) electrons. The number of hydrogen-bond acceptors (Lipinski definition) is 2. The molecular formula is C17H28N2. The second-order valence-corrected chi connectivity index (χ2v) is 6.12. The molecule has 0 bridgehead atoms. The average Bonchev–Trinajstić information content (AvgIpc) is 2.41. The third kappa shape index (κ3) is 4.24. The topological polar surface area (TPSA) is 15.3 Å². The number of likely N-dealkylation sites (N-methyl/N-ethyl adjacent to an activating group) is 1. The monoisotopic (exact) mass is 260 g/mol. The second-order valence-electron chi connectivity index (χ2n) is 6.12. The molecule has 106 valence electrons. The third-order valence-electron chi connectivity index (χ3n) is 4.42. The van der Waals surface area contributed by atoms with Gasteiger partial charge in [0.1, 0.15) is 0 Å². The zero-order valence-electron chi connectivity index (χ0n) is 12.7. The fraction of sp³-hybridized carbons (Fsp3) is 0.647. The summed E-state index contributed by atoms with van der Waals surface area (Å²) in [6.45, 7) is 6.73. The molecule has 0 saturated heterocycles. The lowest BCUT2D eigenvalue weighted by atomic mass is 9.87. The number of rotatable bonds is 5. The van der Waals surface area contributed by atoms with Gasteiger partial charge in [-0.05, 0) is 50.2 Å². The molecule has 2 rings (SSSR count). The van der Waals surface area contributed by atoms with E-state index in [1.807, 2.05) is 0 Å². The first-order chi connectivity index (χ1) is 9.16. The summed E-state index contributed by atoms with van der Waals surface area (Å²) in [5.41, 5.74) is 2.71. The van der Waals surface area contributed by atoms with E-state index < -0.39 is 0 Å². The fourth-order valence-electron chi connectivity index (χ4n) is 3.01. The summed E-state index contributed by atoms with van der Waals surface area (Å²) in [6, 6.07) is 9.36. The van der Waals surface area contributed by atoms with Gasteiger partial charge in [-0.3, -0.25) is 0 Å². The van der Waals surface area contributed by atoms with Gasteiger partial charge in [-0.2, -0.15) is 0 Å². The van der Waals surface area contributed by atoms with Crippen molar-refractivity contribution in [3.05, 3.63) is 29.8 Å². The molecule has 1 aliphatic rings. The van der Waals surface area contributed by atoms with Crippen molar-refractivity contribution in [2.24, 2.45) is 5.92 Å². The number of benzene rings is 1. The van der Waals surface area contributed by atoms with Gasteiger partial charge in [-0.1, -0.05) is 25.1 Å². The van der Waals surface area contributed by atoms with E-state index in [0.717, 1.165) is 25.0 Å². The molecule has 0 unspecified atom stereocenters. The number of anilines is 1. The van der Waals surface area contributed by atoms with E-state index in [1.165, 1.54) is 36.9 Å². The van der Waals surface area contributed by atoms with E-state index in [0.29, 0.717) is 0 Å². The second kappa shape index (κ2) is 6.95. The van der Waals surface area contributed by atoms with Crippen molar-refractivity contribution >= 4 is 5.69 Å². The fourth-order valence-corrected chi connectivity index (χ4v) is 3.01. The maximum Gasteiger partial charge on any atom is 0.0393 e. The van der Waals surface area contributed by atoms with Crippen molar-refractivity contribution in [3.8, 4) is 0 Å². The predicted molar refractivity (Wildman–Crippen MR) is 83.9 cm³/mol. The van der Waals surface area contributed by atoms with E-state index in [9.17, 15) is 0 Å². The number of hydrogen-bond donors (Lipinski definition) is 1. The van der Waals surface area contributed by atoms with Crippen molar-refractivity contribution < 1.29 is 0 Å². The van der Waals surface area contributed by atoms with Crippen molar-refractivity contribution in [2.45, 2.75) is 45.6 Å². The van der Waals surface area contributed by atoms with Gasteiger partial charge in [0.2, 0.25) is 0 Å². The lowest BCUT2D eigenvalue weighted by molar-refractivity contribution is 0.309. The molecule has 1 aliphatic carbocycles. The lowest BCUT2D eigenvalue weighted by Crippen LogP contribution is -2.38. The summed E-state index contributed by atoms with van der Waals surface area (Å²) in [5, 5.41) is 3.72. The number of aryl methyl sites for hydroxylation is 1. The Morgan fingerprint density at radius 1 is 1.16 bits per heavy atom. The first kappa shape index (κ1) is 14.4. The highest BCUT2D eigenvalue weighted by atomic mass is 15.1. The zero-order valence-corrected chi connectivity index (χ0v) is 12.7. The minimum Gasteiger partial charge on any atom is -0.373 e. The summed E-state index contributed by atoms with van der Waals surface area (Å²) in [4.78, 5) is 2.35. The molecule has 0 aromatic heterocycles. The Labute approximate surface area is 118 Å². The van der Waals surface area contributed by atoms with Gasteiger partial charge < -0.3 is 10.2 Å². The lowest BCUT2D eigenvalue weighted by Gasteiger charge is -2.28. The molecule has 1 aromatic carbocycles. The van der Waals surface area contributed by atoms with Gasteiger partial charge in [0.05, 0.1) is 0 Å². The minimum atomic E-state index is 0.751. The van der Waals surface area contributed by atoms with Gasteiger partial charge in [0.25, 0.3) is 0 Å². The van der Waals surface area contributed by atoms with Crippen LogP contribution in [-0.4, -0.2) is 26.2 Å². The van der Waals surface area contributed by atoms with Crippen LogP contribution in [0.5, 0.6) is 0 Å². The normalized spacial score (nSPS) is 23.3. The Morgan fingerprint density at radius 3 is 2.53 bits per heavy atom. The largest absolute Gasteiger partial charge is 0.373 e. The molecule has 0 heterocycles. The Morgan fingerprint density at radius 2 is 1.84 bits per heavy atom. The zero-order chi connectivity index (χ0) is 13.7. The molecule has 0 atom stereocenters. The molecule has 1 N–H and O–H groups in total. The maximum absolute atomic E-state index is 3.72. The van der Waals surface area contributed by atoms with Crippen LogP contribution in [-0.2, 0) is 0 Å². The van der Waals surface area contributed by atoms with Gasteiger partial charge >= 0.3 is 0 Å². The minimum absolute atomic E-state index is 0.751. The molecule has 0 aliphatic heterocycles. The van der Waals surface area contributed by atoms with Crippen molar-refractivity contribution in [1.82, 2.24) is 5.32 Å². The van der Waals surface area contributed by atoms with Crippen molar-refractivity contribution in [2.75, 3.05) is 25.0 Å². The van der Waals surface area contributed by atoms with Gasteiger partial charge in [-0.15, -0.1) is 0 Å². The Bertz CT molecular complexity index is 381. The van der Waals surface area contributed by atoms with Crippen LogP contribution in [0.25, 0.3) is 0 Å². The van der Waals surface area contributed by atoms with E-state index in [1.54, 1.807) is 0 Å². The van der Waals surface area contributed by atoms with E-state index in [2.05, 4.69) is 55.4 Å². The molecule has 1 aromatic rings. The summed E-state index contributed by atoms with van der Waals surface area (Å²) in [6.07, 6.45) is 5.50. The van der Waals surface area contributed by atoms with Crippen LogP contribution < -0.4 is 10.2 Å². The van der Waals surface area contributed by atoms with Gasteiger partial charge in [-0.25, -0.2) is 0 Å². The summed E-state index contributed by atoms with van der Waals surface area (Å²) in [7, 11) is 2.19. The van der Waals surface area contributed by atoms with Crippen LogP contribution in [0.3, 0.4) is 0 Å². The number of nitrogens with zero attached hydrogens (tertiary/aromatic N) is 1. The number of para-hydroxylation sites is 1. The summed E-state index contributed by atoms with van der Waals surface area (Å²) in [5.74, 6) is 0.938. The quantitative estimate of drug-likeness (QED) is 0.870. The first-order valence-corrected chi connectivity index (χ1v) is 7.67. The van der Waals surface area contributed by atoms with E-state index in [4.69, 9.17) is 0 Å². The van der Waals surface area contributed by atoms with Crippen LogP contribution in [0.15, 0.2) is 24.3 Å². The van der Waals surface area contributed by atoms with E-state index >= 15 is 0 Å². The highest BCUT2D eigenvalue weighted by Crippen LogP contribution is 2.23. The summed E-state index contributed by atoms with van der Waals surface area (Å²) < 4.78 is 0. The third-order valence-corrected chi connectivity index (χ3v) is 4.42. The predicted octanol–water partition coefficient (Wildman–Crippen LogP) is 3.60. The van der Waals surface area contributed by atoms with Crippen LogP contribution >= 0.6 is 0 Å². The standard InChI is InChI=1S/C17H28N2/c1-14-8-10-16(11-9-14)18-12-13-19(3)17-7-5-4-6-15(17)2/h4-7,14,16,18H,8-13H2,1-3H3. The molecule has 0 spiro atoms. The van der Waals surface area contributed by atoms with E-state index in [-0.39, 0.29) is 0 Å². The van der Waals surface area contributed by atoms with Crippen molar-refractivity contribution in [3.63, 3.8) is 0 Å². The smallest absolute Gasteiger partial charge is 0.0393 e. The number of nitrogens with one attached hydrogen (secondary N) is 1.